The normalized spacial score (nSPS) is 22.7. The van der Waals surface area contributed by atoms with Gasteiger partial charge in [0.2, 0.25) is 0 Å². The van der Waals surface area contributed by atoms with Gasteiger partial charge < -0.3 is 9.84 Å². The van der Waals surface area contributed by atoms with Crippen LogP contribution in [0.15, 0.2) is 17.8 Å². The lowest BCUT2D eigenvalue weighted by atomic mass is 9.87. The Morgan fingerprint density at radius 1 is 1.43 bits per heavy atom. The molecule has 0 radical (unpaired) electrons. The second-order valence-corrected chi connectivity index (χ2v) is 5.86. The van der Waals surface area contributed by atoms with Crippen LogP contribution in [0.5, 0.6) is 0 Å². The van der Waals surface area contributed by atoms with Gasteiger partial charge in [0, 0.05) is 19.6 Å². The summed E-state index contributed by atoms with van der Waals surface area (Å²) in [5.41, 5.74) is -0.138. The minimum absolute atomic E-state index is 0.0688. The number of aliphatic hydroxyl groups excluding tert-OH is 1. The van der Waals surface area contributed by atoms with E-state index in [1.165, 1.54) is 0 Å². The zero-order chi connectivity index (χ0) is 15.9. The summed E-state index contributed by atoms with van der Waals surface area (Å²) in [6.07, 6.45) is 7.95. The molecule has 1 rings (SSSR count). The molecule has 4 heteroatoms. The fourth-order valence-electron chi connectivity index (χ4n) is 3.38. The monoisotopic (exact) mass is 296 g/mol. The number of nitrogens with zero attached hydrogens (tertiary/aromatic N) is 2. The maximum Gasteiger partial charge on any atom is 0.0971 e. The van der Waals surface area contributed by atoms with Gasteiger partial charge in [0.05, 0.1) is 24.0 Å². The number of methoxy groups -OCH3 is 1. The third kappa shape index (κ3) is 4.07. The van der Waals surface area contributed by atoms with Crippen LogP contribution in [0.1, 0.15) is 52.9 Å². The third-order valence-corrected chi connectivity index (χ3v) is 5.02. The molecule has 0 unspecified atom stereocenters. The van der Waals surface area contributed by atoms with Gasteiger partial charge in [-0.3, -0.25) is 5.01 Å². The van der Waals surface area contributed by atoms with Crippen molar-refractivity contribution >= 4 is 6.21 Å². The number of ether oxygens (including phenoxy) is 1. The summed E-state index contributed by atoms with van der Waals surface area (Å²) in [5.74, 6) is 0.0688. The van der Waals surface area contributed by atoms with Crippen LogP contribution in [0.3, 0.4) is 0 Å². The van der Waals surface area contributed by atoms with E-state index in [1.807, 2.05) is 6.92 Å². The first kappa shape index (κ1) is 18.2. The highest BCUT2D eigenvalue weighted by molar-refractivity contribution is 5.63. The summed E-state index contributed by atoms with van der Waals surface area (Å²) in [4.78, 5) is 0. The van der Waals surface area contributed by atoms with Gasteiger partial charge in [-0.2, -0.15) is 5.10 Å². The molecule has 0 aromatic rings. The summed E-state index contributed by atoms with van der Waals surface area (Å²) in [6.45, 7) is 11.1. The zero-order valence-electron chi connectivity index (χ0n) is 14.1. The Labute approximate surface area is 129 Å². The molecule has 4 nitrogen and oxygen atoms in total. The molecule has 21 heavy (non-hydrogen) atoms. The molecular weight excluding hydrogens is 264 g/mol. The van der Waals surface area contributed by atoms with E-state index in [0.29, 0.717) is 6.04 Å². The van der Waals surface area contributed by atoms with Crippen molar-refractivity contribution in [2.75, 3.05) is 13.7 Å². The first-order valence-corrected chi connectivity index (χ1v) is 8.25. The average Bonchev–Trinajstić information content (AvgIpc) is 2.98. The van der Waals surface area contributed by atoms with E-state index < -0.39 is 6.10 Å². The Morgan fingerprint density at radius 2 is 2.10 bits per heavy atom. The van der Waals surface area contributed by atoms with Gasteiger partial charge in [-0.25, -0.2) is 0 Å². The van der Waals surface area contributed by atoms with E-state index in [-0.39, 0.29) is 11.5 Å². The molecule has 0 aliphatic carbocycles. The van der Waals surface area contributed by atoms with Crippen molar-refractivity contribution in [3.05, 3.63) is 12.7 Å². The fraction of sp³-hybridized carbons (Fsp3) is 0.824. The van der Waals surface area contributed by atoms with Gasteiger partial charge in [-0.05, 0) is 32.1 Å². The largest absolute Gasteiger partial charge is 0.387 e. The molecule has 0 amide bonds. The smallest absolute Gasteiger partial charge is 0.0971 e. The molecule has 0 aromatic heterocycles. The summed E-state index contributed by atoms with van der Waals surface area (Å²) < 4.78 is 5.85. The topological polar surface area (TPSA) is 45.1 Å². The minimum atomic E-state index is -0.561. The van der Waals surface area contributed by atoms with Crippen LogP contribution in [0.2, 0.25) is 0 Å². The van der Waals surface area contributed by atoms with Crippen LogP contribution in [0.4, 0.5) is 0 Å². The van der Waals surface area contributed by atoms with Crippen LogP contribution < -0.4 is 0 Å². The van der Waals surface area contributed by atoms with E-state index in [0.717, 1.165) is 38.6 Å². The molecule has 0 saturated carbocycles. The van der Waals surface area contributed by atoms with E-state index in [2.05, 4.69) is 30.5 Å². The maximum atomic E-state index is 10.2. The van der Waals surface area contributed by atoms with Gasteiger partial charge in [-0.15, -0.1) is 6.58 Å². The Kier molecular flexibility index (Phi) is 7.40. The number of aliphatic hydroxyl groups is 1. The Bertz CT molecular complexity index is 331. The lowest BCUT2D eigenvalue weighted by molar-refractivity contribution is -0.0732. The third-order valence-electron chi connectivity index (χ3n) is 5.02. The van der Waals surface area contributed by atoms with Crippen LogP contribution in [0.25, 0.3) is 0 Å². The second kappa shape index (κ2) is 8.54. The summed E-state index contributed by atoms with van der Waals surface area (Å²) in [6, 6.07) is 0.296. The Morgan fingerprint density at radius 3 is 2.57 bits per heavy atom. The van der Waals surface area contributed by atoms with Crippen molar-refractivity contribution in [1.82, 2.24) is 5.01 Å². The maximum absolute atomic E-state index is 10.2. The minimum Gasteiger partial charge on any atom is -0.387 e. The molecule has 1 aliphatic rings. The van der Waals surface area contributed by atoms with Crippen LogP contribution >= 0.6 is 0 Å². The standard InChI is InChI=1S/C17H32N2O2/c1-6-14(7-2)15(20)13-18-19-12-10-11-16(19)17(8-3,9-4)21-5/h6,13-16,20H,1,7-12H2,2-5H3/b18-13+/t14-,15-,16-/m0/s1. The van der Waals surface area contributed by atoms with E-state index >= 15 is 0 Å². The molecule has 1 heterocycles. The molecule has 122 valence electrons. The van der Waals surface area contributed by atoms with E-state index in [9.17, 15) is 5.11 Å². The predicted molar refractivity (Wildman–Crippen MR) is 88.5 cm³/mol. The molecule has 1 saturated heterocycles. The van der Waals surface area contributed by atoms with Crippen molar-refractivity contribution in [2.24, 2.45) is 11.0 Å². The SMILES string of the molecule is C=C[C@@H](CC)[C@@H](O)/C=N/N1CCC[C@H]1C(CC)(CC)OC. The molecule has 1 aliphatic heterocycles. The molecule has 1 fully saturated rings. The van der Waals surface area contributed by atoms with E-state index in [4.69, 9.17) is 4.74 Å². The lowest BCUT2D eigenvalue weighted by Gasteiger charge is -2.40. The lowest BCUT2D eigenvalue weighted by Crippen LogP contribution is -2.48. The molecular formula is C17H32N2O2. The molecule has 0 aromatic carbocycles. The van der Waals surface area contributed by atoms with Crippen molar-refractivity contribution in [3.63, 3.8) is 0 Å². The number of hydrazone groups is 1. The quantitative estimate of drug-likeness (QED) is 0.525. The van der Waals surface area contributed by atoms with Crippen LogP contribution in [-0.2, 0) is 4.74 Å². The van der Waals surface area contributed by atoms with Gasteiger partial charge in [0.15, 0.2) is 0 Å². The van der Waals surface area contributed by atoms with Crippen molar-refractivity contribution in [2.45, 2.75) is 70.6 Å². The van der Waals surface area contributed by atoms with Crippen LogP contribution in [-0.4, -0.2) is 47.7 Å². The Balaban J connectivity index is 2.80. The van der Waals surface area contributed by atoms with Crippen LogP contribution in [0, 0.1) is 5.92 Å². The number of hydrogen-bond acceptors (Lipinski definition) is 4. The molecule has 1 N–H and O–H groups in total. The predicted octanol–water partition coefficient (Wildman–Crippen LogP) is 3.21. The number of rotatable bonds is 9. The summed E-state index contributed by atoms with van der Waals surface area (Å²) in [7, 11) is 1.80. The second-order valence-electron chi connectivity index (χ2n) is 5.86. The number of hydrogen-bond donors (Lipinski definition) is 1. The van der Waals surface area contributed by atoms with Crippen molar-refractivity contribution < 1.29 is 9.84 Å². The first-order valence-electron chi connectivity index (χ1n) is 8.25. The summed E-state index contributed by atoms with van der Waals surface area (Å²) >= 11 is 0. The molecule has 0 bridgehead atoms. The molecule has 3 atom stereocenters. The van der Waals surface area contributed by atoms with Gasteiger partial charge in [-0.1, -0.05) is 26.8 Å². The summed E-state index contributed by atoms with van der Waals surface area (Å²) in [5, 5.41) is 16.8. The zero-order valence-corrected chi connectivity index (χ0v) is 14.1. The van der Waals surface area contributed by atoms with Gasteiger partial charge in [0.25, 0.3) is 0 Å². The highest BCUT2D eigenvalue weighted by atomic mass is 16.5. The first-order chi connectivity index (χ1) is 10.1. The van der Waals surface area contributed by atoms with Gasteiger partial charge >= 0.3 is 0 Å². The highest BCUT2D eigenvalue weighted by Crippen LogP contribution is 2.34. The average molecular weight is 296 g/mol. The van der Waals surface area contributed by atoms with E-state index in [1.54, 1.807) is 19.4 Å². The van der Waals surface area contributed by atoms with Crippen molar-refractivity contribution in [1.29, 1.82) is 0 Å². The highest BCUT2D eigenvalue weighted by Gasteiger charge is 2.41. The fourth-order valence-corrected chi connectivity index (χ4v) is 3.38. The molecule has 0 spiro atoms. The Hall–Kier alpha value is -0.870. The van der Waals surface area contributed by atoms with Gasteiger partial charge in [0.1, 0.15) is 0 Å². The van der Waals surface area contributed by atoms with Crippen molar-refractivity contribution in [3.8, 4) is 0 Å².